The molecule has 1 aliphatic heterocycles. The van der Waals surface area contributed by atoms with Crippen LogP contribution in [0, 0.1) is 5.92 Å². The van der Waals surface area contributed by atoms with Crippen LogP contribution in [0.15, 0.2) is 42.5 Å². The van der Waals surface area contributed by atoms with Crippen LogP contribution < -0.4 is 10.1 Å². The minimum atomic E-state index is -0.605. The number of piperidine rings is 1. The number of methoxy groups -OCH3 is 1. The summed E-state index contributed by atoms with van der Waals surface area (Å²) in [6, 6.07) is 12.6. The number of benzene rings is 2. The zero-order valence-electron chi connectivity index (χ0n) is 18.3. The molecular weight excluding hydrogens is 428 g/mol. The van der Waals surface area contributed by atoms with Crippen molar-refractivity contribution in [1.29, 1.82) is 0 Å². The molecule has 2 fully saturated rings. The number of nitrogens with zero attached hydrogens (tertiary/aromatic N) is 1. The molecule has 2 atom stereocenters. The molecule has 0 spiro atoms. The van der Waals surface area contributed by atoms with Crippen molar-refractivity contribution in [3.63, 3.8) is 0 Å². The molecule has 2 aliphatic rings. The van der Waals surface area contributed by atoms with Gasteiger partial charge in [0.2, 0.25) is 0 Å². The molecule has 2 aromatic rings. The summed E-state index contributed by atoms with van der Waals surface area (Å²) in [5.74, 6) is 1.06. The first-order valence-corrected chi connectivity index (χ1v) is 11.6. The van der Waals surface area contributed by atoms with E-state index < -0.39 is 6.09 Å². The average Bonchev–Trinajstić information content (AvgIpc) is 2.82. The lowest BCUT2D eigenvalue weighted by Crippen LogP contribution is -2.49. The Morgan fingerprint density at radius 1 is 1.09 bits per heavy atom. The topological polar surface area (TPSA) is 67.9 Å². The van der Waals surface area contributed by atoms with Crippen molar-refractivity contribution in [2.75, 3.05) is 19.0 Å². The number of likely N-dealkylation sites (tertiary alicyclic amines) is 1. The highest BCUT2D eigenvalue weighted by molar-refractivity contribution is 6.31. The molecule has 4 rings (SSSR count). The summed E-state index contributed by atoms with van der Waals surface area (Å²) >= 11 is 6.10. The van der Waals surface area contributed by atoms with Crippen LogP contribution in [-0.2, 0) is 11.3 Å². The van der Waals surface area contributed by atoms with Crippen molar-refractivity contribution >= 4 is 29.3 Å². The van der Waals surface area contributed by atoms with Crippen molar-refractivity contribution in [1.82, 2.24) is 4.90 Å². The molecule has 32 heavy (non-hydrogen) atoms. The summed E-state index contributed by atoms with van der Waals surface area (Å²) in [6.07, 6.45) is 6.39. The number of ether oxygens (including phenoxy) is 2. The molecule has 0 unspecified atom stereocenters. The molecule has 1 saturated carbocycles. The van der Waals surface area contributed by atoms with Crippen molar-refractivity contribution in [3.05, 3.63) is 58.6 Å². The van der Waals surface area contributed by atoms with Gasteiger partial charge in [0.1, 0.15) is 12.4 Å². The fraction of sp³-hybridized carbons (Fsp3) is 0.440. The second kappa shape index (κ2) is 10.3. The minimum absolute atomic E-state index is 0.00583. The Hall–Kier alpha value is -2.73. The van der Waals surface area contributed by atoms with E-state index in [0.29, 0.717) is 34.0 Å². The number of amides is 2. The Labute approximate surface area is 193 Å². The average molecular weight is 457 g/mol. The Kier molecular flexibility index (Phi) is 7.20. The Bertz CT molecular complexity index is 978. The molecule has 1 heterocycles. The molecule has 0 aromatic heterocycles. The molecule has 1 aliphatic carbocycles. The molecular formula is C25H29ClN2O4. The maximum atomic E-state index is 13.4. The zero-order chi connectivity index (χ0) is 22.5. The molecule has 7 heteroatoms. The smallest absolute Gasteiger partial charge is 0.411 e. The number of halogens is 1. The predicted molar refractivity (Wildman–Crippen MR) is 124 cm³/mol. The molecule has 6 nitrogen and oxygen atoms in total. The van der Waals surface area contributed by atoms with Crippen molar-refractivity contribution in [2.24, 2.45) is 5.92 Å². The van der Waals surface area contributed by atoms with Crippen molar-refractivity contribution < 1.29 is 19.1 Å². The molecule has 2 amide bonds. The largest absolute Gasteiger partial charge is 0.496 e. The third-order valence-electron chi connectivity index (χ3n) is 6.50. The molecule has 170 valence electrons. The number of nitrogens with one attached hydrogen (secondary N) is 1. The van der Waals surface area contributed by atoms with Crippen LogP contribution in [0.4, 0.5) is 10.5 Å². The summed E-state index contributed by atoms with van der Waals surface area (Å²) < 4.78 is 10.8. The van der Waals surface area contributed by atoms with Crippen LogP contribution in [0.2, 0.25) is 5.02 Å². The Balaban J connectivity index is 1.42. The monoisotopic (exact) mass is 456 g/mol. The van der Waals surface area contributed by atoms with Crippen molar-refractivity contribution in [2.45, 2.75) is 51.2 Å². The van der Waals surface area contributed by atoms with E-state index >= 15 is 0 Å². The SMILES string of the molecule is COc1cc(NC(=O)OCc2ccccc2Cl)ccc1C(=O)N1CCC[C@H]2CCCC[C@H]21. The van der Waals surface area contributed by atoms with E-state index in [1.54, 1.807) is 30.3 Å². The van der Waals surface area contributed by atoms with Gasteiger partial charge < -0.3 is 14.4 Å². The van der Waals surface area contributed by atoms with E-state index in [9.17, 15) is 9.59 Å². The quantitative estimate of drug-likeness (QED) is 0.608. The number of hydrogen-bond donors (Lipinski definition) is 1. The molecule has 0 bridgehead atoms. The highest BCUT2D eigenvalue weighted by atomic mass is 35.5. The van der Waals surface area contributed by atoms with Crippen molar-refractivity contribution in [3.8, 4) is 5.75 Å². The third kappa shape index (κ3) is 5.01. The van der Waals surface area contributed by atoms with Gasteiger partial charge >= 0.3 is 6.09 Å². The van der Waals surface area contributed by atoms with Gasteiger partial charge in [0.25, 0.3) is 5.91 Å². The normalized spacial score (nSPS) is 20.2. The van der Waals surface area contributed by atoms with Gasteiger partial charge in [0.05, 0.1) is 12.7 Å². The van der Waals surface area contributed by atoms with Crippen LogP contribution in [0.1, 0.15) is 54.4 Å². The maximum Gasteiger partial charge on any atom is 0.411 e. The second-order valence-corrected chi connectivity index (χ2v) is 8.87. The van der Waals surface area contributed by atoms with Crippen LogP contribution in [0.3, 0.4) is 0 Å². The van der Waals surface area contributed by atoms with Gasteiger partial charge in [-0.05, 0) is 49.8 Å². The molecule has 1 N–H and O–H groups in total. The molecule has 2 aromatic carbocycles. The summed E-state index contributed by atoms with van der Waals surface area (Å²) in [4.78, 5) is 27.6. The first-order chi connectivity index (χ1) is 15.6. The second-order valence-electron chi connectivity index (χ2n) is 8.46. The summed E-state index contributed by atoms with van der Waals surface area (Å²) in [7, 11) is 1.53. The number of fused-ring (bicyclic) bond motifs is 1. The van der Waals surface area contributed by atoms with Gasteiger partial charge in [0.15, 0.2) is 0 Å². The van der Waals surface area contributed by atoms with Gasteiger partial charge in [-0.2, -0.15) is 0 Å². The highest BCUT2D eigenvalue weighted by Gasteiger charge is 2.36. The molecule has 1 saturated heterocycles. The van der Waals surface area contributed by atoms with E-state index in [1.165, 1.54) is 32.8 Å². The number of carbonyl (C=O) groups excluding carboxylic acids is 2. The third-order valence-corrected chi connectivity index (χ3v) is 6.87. The molecule has 0 radical (unpaired) electrons. The fourth-order valence-electron chi connectivity index (χ4n) is 4.89. The minimum Gasteiger partial charge on any atom is -0.496 e. The number of carbonyl (C=O) groups is 2. The highest BCUT2D eigenvalue weighted by Crippen LogP contribution is 2.37. The van der Waals surface area contributed by atoms with Gasteiger partial charge in [0, 0.05) is 34.9 Å². The number of anilines is 1. The number of hydrogen-bond acceptors (Lipinski definition) is 4. The summed E-state index contributed by atoms with van der Waals surface area (Å²) in [5, 5.41) is 3.23. The first kappa shape index (κ1) is 22.5. The lowest BCUT2D eigenvalue weighted by atomic mass is 9.78. The number of rotatable bonds is 5. The van der Waals surface area contributed by atoms with E-state index in [2.05, 4.69) is 5.32 Å². The first-order valence-electron chi connectivity index (χ1n) is 11.2. The lowest BCUT2D eigenvalue weighted by molar-refractivity contribution is 0.0388. The van der Waals surface area contributed by atoms with E-state index in [4.69, 9.17) is 21.1 Å². The van der Waals surface area contributed by atoms with Gasteiger partial charge in [-0.25, -0.2) is 4.79 Å². The van der Waals surface area contributed by atoms with Gasteiger partial charge in [-0.15, -0.1) is 0 Å². The van der Waals surface area contributed by atoms with Crippen LogP contribution in [-0.4, -0.2) is 36.6 Å². The van der Waals surface area contributed by atoms with E-state index in [-0.39, 0.29) is 12.5 Å². The predicted octanol–water partition coefficient (Wildman–Crippen LogP) is 5.89. The lowest BCUT2D eigenvalue weighted by Gasteiger charge is -2.44. The van der Waals surface area contributed by atoms with Crippen LogP contribution in [0.25, 0.3) is 0 Å². The zero-order valence-corrected chi connectivity index (χ0v) is 19.1. The van der Waals surface area contributed by atoms with Crippen LogP contribution in [0.5, 0.6) is 5.75 Å². The fourth-order valence-corrected chi connectivity index (χ4v) is 5.08. The van der Waals surface area contributed by atoms with E-state index in [0.717, 1.165) is 24.9 Å². The van der Waals surface area contributed by atoms with Crippen LogP contribution >= 0.6 is 11.6 Å². The Morgan fingerprint density at radius 3 is 2.69 bits per heavy atom. The summed E-state index contributed by atoms with van der Waals surface area (Å²) in [6.45, 7) is 0.855. The summed E-state index contributed by atoms with van der Waals surface area (Å²) in [5.41, 5.74) is 1.75. The standard InChI is InChI=1S/C25H29ClN2O4/c1-31-23-15-19(27-25(30)32-16-18-8-2-4-10-21(18)26)12-13-20(23)24(29)28-14-6-9-17-7-3-5-11-22(17)28/h2,4,8,10,12-13,15,17,22H,3,5-7,9,11,14,16H2,1H3,(H,27,30)/t17-,22-/m1/s1. The van der Waals surface area contributed by atoms with Gasteiger partial charge in [-0.3, -0.25) is 10.1 Å². The maximum absolute atomic E-state index is 13.4. The Morgan fingerprint density at radius 2 is 1.88 bits per heavy atom. The van der Waals surface area contributed by atoms with Gasteiger partial charge in [-0.1, -0.05) is 42.6 Å². The van der Waals surface area contributed by atoms with E-state index in [1.807, 2.05) is 17.0 Å².